The fourth-order valence-corrected chi connectivity index (χ4v) is 1.70. The van der Waals surface area contributed by atoms with Gasteiger partial charge in [0.2, 0.25) is 0 Å². The van der Waals surface area contributed by atoms with Crippen molar-refractivity contribution in [3.63, 3.8) is 0 Å². The van der Waals surface area contributed by atoms with E-state index in [-0.39, 0.29) is 0 Å². The molecule has 0 aliphatic rings. The van der Waals surface area contributed by atoms with Crippen molar-refractivity contribution < 1.29 is 27.8 Å². The summed E-state index contributed by atoms with van der Waals surface area (Å²) in [7, 11) is 1.49. The Balaban J connectivity index is 2.40. The van der Waals surface area contributed by atoms with Crippen LogP contribution in [-0.4, -0.2) is 18.6 Å². The Morgan fingerprint density at radius 2 is 1.70 bits per heavy atom. The predicted molar refractivity (Wildman–Crippen MR) is 66.8 cm³/mol. The third-order valence-corrected chi connectivity index (χ3v) is 2.59. The number of hydrogen-bond acceptors (Lipinski definition) is 3. The molecule has 0 atom stereocenters. The first-order valence-corrected chi connectivity index (χ1v) is 5.62. The third-order valence-electron chi connectivity index (χ3n) is 2.59. The van der Waals surface area contributed by atoms with Crippen LogP contribution in [0.3, 0.4) is 0 Å². The van der Waals surface area contributed by atoms with Gasteiger partial charge in [-0.2, -0.15) is 0 Å². The summed E-state index contributed by atoms with van der Waals surface area (Å²) < 4.78 is 45.5. The molecule has 0 fully saturated rings. The molecule has 106 valence electrons. The Kier molecular flexibility index (Phi) is 3.74. The molecule has 0 aliphatic carbocycles. The van der Waals surface area contributed by atoms with Gasteiger partial charge >= 0.3 is 6.36 Å². The molecule has 0 radical (unpaired) electrons. The molecule has 0 aromatic heterocycles. The van der Waals surface area contributed by atoms with Crippen LogP contribution in [0.2, 0.25) is 0 Å². The minimum Gasteiger partial charge on any atom is -0.504 e. The van der Waals surface area contributed by atoms with E-state index in [1.165, 1.54) is 13.2 Å². The second-order valence-electron chi connectivity index (χ2n) is 3.96. The molecule has 0 unspecified atom stereocenters. The average molecular weight is 284 g/mol. The lowest BCUT2D eigenvalue weighted by Crippen LogP contribution is -2.17. The zero-order chi connectivity index (χ0) is 14.8. The maximum atomic E-state index is 12.2. The molecule has 1 N–H and O–H groups in total. The van der Waals surface area contributed by atoms with E-state index in [0.29, 0.717) is 16.9 Å². The Labute approximate surface area is 113 Å². The van der Waals surface area contributed by atoms with Crippen LogP contribution < -0.4 is 9.47 Å². The number of aromatic hydroxyl groups is 1. The number of halogens is 3. The fourth-order valence-electron chi connectivity index (χ4n) is 1.70. The molecular weight excluding hydrogens is 273 g/mol. The maximum Gasteiger partial charge on any atom is 0.573 e. The van der Waals surface area contributed by atoms with Crippen molar-refractivity contribution in [1.29, 1.82) is 0 Å². The lowest BCUT2D eigenvalue weighted by Gasteiger charge is -2.12. The van der Waals surface area contributed by atoms with Crippen molar-refractivity contribution >= 4 is 0 Å². The average Bonchev–Trinajstić information content (AvgIpc) is 2.40. The van der Waals surface area contributed by atoms with E-state index in [2.05, 4.69) is 4.74 Å². The monoisotopic (exact) mass is 284 g/mol. The largest absolute Gasteiger partial charge is 0.573 e. The molecule has 0 bridgehead atoms. The highest BCUT2D eigenvalue weighted by Crippen LogP contribution is 2.35. The Morgan fingerprint density at radius 1 is 1.00 bits per heavy atom. The molecule has 6 heteroatoms. The van der Waals surface area contributed by atoms with Gasteiger partial charge in [0.15, 0.2) is 11.5 Å². The number of phenols is 1. The quantitative estimate of drug-likeness (QED) is 0.927. The van der Waals surface area contributed by atoms with Crippen LogP contribution in [0.25, 0.3) is 11.1 Å². The van der Waals surface area contributed by atoms with Gasteiger partial charge in [-0.05, 0) is 35.4 Å². The standard InChI is InChI=1S/C14H11F3O3/c1-19-11-4-2-3-9(7-11)10-5-6-12(18)13(8-10)20-14(15,16)17/h2-8,18H,1H3. The molecule has 0 amide bonds. The third kappa shape index (κ3) is 3.34. The minimum atomic E-state index is -4.86. The molecule has 0 saturated carbocycles. The van der Waals surface area contributed by atoms with Crippen molar-refractivity contribution in [3.05, 3.63) is 42.5 Å². The number of hydrogen-bond donors (Lipinski definition) is 1. The summed E-state index contributed by atoms with van der Waals surface area (Å²) in [5.74, 6) is -0.638. The Hall–Kier alpha value is -2.37. The van der Waals surface area contributed by atoms with Gasteiger partial charge in [0, 0.05) is 0 Å². The zero-order valence-corrected chi connectivity index (χ0v) is 10.4. The van der Waals surface area contributed by atoms with Crippen LogP contribution in [0.5, 0.6) is 17.2 Å². The molecule has 0 heterocycles. The Bertz CT molecular complexity index is 609. The van der Waals surface area contributed by atoms with Gasteiger partial charge in [0.05, 0.1) is 7.11 Å². The van der Waals surface area contributed by atoms with E-state index in [4.69, 9.17) is 4.74 Å². The summed E-state index contributed by atoms with van der Waals surface area (Å²) >= 11 is 0. The van der Waals surface area contributed by atoms with E-state index in [9.17, 15) is 18.3 Å². The predicted octanol–water partition coefficient (Wildman–Crippen LogP) is 3.97. The lowest BCUT2D eigenvalue weighted by atomic mass is 10.0. The normalized spacial score (nSPS) is 11.2. The molecule has 20 heavy (non-hydrogen) atoms. The minimum absolute atomic E-state index is 0.473. The molecule has 3 nitrogen and oxygen atoms in total. The Morgan fingerprint density at radius 3 is 2.35 bits per heavy atom. The van der Waals surface area contributed by atoms with Crippen molar-refractivity contribution in [2.75, 3.05) is 7.11 Å². The number of benzene rings is 2. The molecule has 2 rings (SSSR count). The van der Waals surface area contributed by atoms with Crippen molar-refractivity contribution in [3.8, 4) is 28.4 Å². The molecule has 0 aliphatic heterocycles. The van der Waals surface area contributed by atoms with Crippen molar-refractivity contribution in [2.24, 2.45) is 0 Å². The van der Waals surface area contributed by atoms with Crippen LogP contribution in [0.15, 0.2) is 42.5 Å². The highest BCUT2D eigenvalue weighted by Gasteiger charge is 2.32. The second kappa shape index (κ2) is 5.32. The first-order valence-electron chi connectivity index (χ1n) is 5.62. The highest BCUT2D eigenvalue weighted by atomic mass is 19.4. The number of ether oxygens (including phenoxy) is 2. The van der Waals surface area contributed by atoms with Gasteiger partial charge in [0.25, 0.3) is 0 Å². The summed E-state index contributed by atoms with van der Waals surface area (Å²) in [6.45, 7) is 0. The summed E-state index contributed by atoms with van der Waals surface area (Å²) in [4.78, 5) is 0. The molecule has 0 saturated heterocycles. The van der Waals surface area contributed by atoms with Gasteiger partial charge in [-0.25, -0.2) is 0 Å². The van der Waals surface area contributed by atoms with Crippen molar-refractivity contribution in [2.45, 2.75) is 6.36 Å². The maximum absolute atomic E-state index is 12.2. The van der Waals surface area contributed by atoms with Gasteiger partial charge in [-0.15, -0.1) is 13.2 Å². The van der Waals surface area contributed by atoms with Crippen LogP contribution in [0, 0.1) is 0 Å². The second-order valence-corrected chi connectivity index (χ2v) is 3.96. The van der Waals surface area contributed by atoms with Gasteiger partial charge in [-0.1, -0.05) is 18.2 Å². The summed E-state index contributed by atoms with van der Waals surface area (Å²) in [5, 5.41) is 9.40. The lowest BCUT2D eigenvalue weighted by molar-refractivity contribution is -0.275. The number of rotatable bonds is 3. The molecular formula is C14H11F3O3. The van der Waals surface area contributed by atoms with E-state index < -0.39 is 17.9 Å². The summed E-state index contributed by atoms with van der Waals surface area (Å²) in [6.07, 6.45) is -4.86. The number of methoxy groups -OCH3 is 1. The van der Waals surface area contributed by atoms with E-state index in [1.807, 2.05) is 0 Å². The topological polar surface area (TPSA) is 38.7 Å². The first-order chi connectivity index (χ1) is 9.39. The number of alkyl halides is 3. The summed E-state index contributed by atoms with van der Waals surface area (Å²) in [5.41, 5.74) is 1.12. The van der Waals surface area contributed by atoms with E-state index in [0.717, 1.165) is 12.1 Å². The smallest absolute Gasteiger partial charge is 0.504 e. The van der Waals surface area contributed by atoms with Crippen LogP contribution in [0.4, 0.5) is 13.2 Å². The van der Waals surface area contributed by atoms with Crippen LogP contribution >= 0.6 is 0 Å². The van der Waals surface area contributed by atoms with Crippen molar-refractivity contribution in [1.82, 2.24) is 0 Å². The van der Waals surface area contributed by atoms with Gasteiger partial charge < -0.3 is 14.6 Å². The van der Waals surface area contributed by atoms with Gasteiger partial charge in [-0.3, -0.25) is 0 Å². The molecule has 2 aromatic carbocycles. The summed E-state index contributed by atoms with van der Waals surface area (Å²) in [6, 6.07) is 10.6. The van der Waals surface area contributed by atoms with Gasteiger partial charge in [0.1, 0.15) is 5.75 Å². The SMILES string of the molecule is COc1cccc(-c2ccc(O)c(OC(F)(F)F)c2)c1. The highest BCUT2D eigenvalue weighted by molar-refractivity contribution is 5.68. The van der Waals surface area contributed by atoms with Crippen LogP contribution in [-0.2, 0) is 0 Å². The first kappa shape index (κ1) is 14.0. The zero-order valence-electron chi connectivity index (χ0n) is 10.4. The van der Waals surface area contributed by atoms with E-state index >= 15 is 0 Å². The van der Waals surface area contributed by atoms with E-state index in [1.54, 1.807) is 24.3 Å². The number of phenolic OH excluding ortho intramolecular Hbond substituents is 1. The molecule has 0 spiro atoms. The van der Waals surface area contributed by atoms with Crippen LogP contribution in [0.1, 0.15) is 0 Å². The fraction of sp³-hybridized carbons (Fsp3) is 0.143. The molecule has 2 aromatic rings.